The van der Waals surface area contributed by atoms with Crippen molar-refractivity contribution in [1.82, 2.24) is 5.32 Å². The van der Waals surface area contributed by atoms with E-state index in [1.54, 1.807) is 36.3 Å². The molecular formula is C29H31N3O4. The maximum Gasteiger partial charge on any atom is 0.251 e. The highest BCUT2D eigenvalue weighted by Crippen LogP contribution is 2.43. The Morgan fingerprint density at radius 1 is 1.03 bits per heavy atom. The largest absolute Gasteiger partial charge is 0.496 e. The molecule has 3 amide bonds. The third kappa shape index (κ3) is 5.25. The SMILES string of the molecule is CCNC(=O)c1cccc(NC(=O)C2CCC(=O)N(c3ccc(C)cc3)C2c2ccccc2OC)c1. The summed E-state index contributed by atoms with van der Waals surface area (Å²) >= 11 is 0. The monoisotopic (exact) mass is 485 g/mol. The van der Waals surface area contributed by atoms with E-state index in [-0.39, 0.29) is 24.1 Å². The molecule has 2 unspecified atom stereocenters. The van der Waals surface area contributed by atoms with Crippen LogP contribution >= 0.6 is 0 Å². The molecule has 0 aromatic heterocycles. The fourth-order valence-electron chi connectivity index (χ4n) is 4.68. The number of nitrogens with one attached hydrogen (secondary N) is 2. The number of hydrogen-bond donors (Lipinski definition) is 2. The minimum atomic E-state index is -0.559. The van der Waals surface area contributed by atoms with Crippen molar-refractivity contribution in [3.05, 3.63) is 89.5 Å². The molecule has 1 fully saturated rings. The van der Waals surface area contributed by atoms with Crippen LogP contribution in [0.3, 0.4) is 0 Å². The van der Waals surface area contributed by atoms with Crippen LogP contribution in [0.5, 0.6) is 5.75 Å². The van der Waals surface area contributed by atoms with Gasteiger partial charge in [0.05, 0.1) is 19.1 Å². The quantitative estimate of drug-likeness (QED) is 0.500. The average molecular weight is 486 g/mol. The molecule has 3 aromatic rings. The van der Waals surface area contributed by atoms with E-state index in [4.69, 9.17) is 4.74 Å². The zero-order valence-corrected chi connectivity index (χ0v) is 20.8. The standard InChI is InChI=1S/C29H31N3O4/c1-4-30-28(34)20-8-7-9-21(18-20)31-29(35)24-16-17-26(33)32(22-14-12-19(2)13-15-22)27(24)23-10-5-6-11-25(23)36-3/h5-15,18,24,27H,4,16-17H2,1-3H3,(H,30,34)(H,31,35). The van der Waals surface area contributed by atoms with E-state index >= 15 is 0 Å². The number of hydrogen-bond acceptors (Lipinski definition) is 4. The minimum absolute atomic E-state index is 0.0444. The summed E-state index contributed by atoms with van der Waals surface area (Å²) in [4.78, 5) is 41.0. The predicted octanol–water partition coefficient (Wildman–Crippen LogP) is 4.88. The van der Waals surface area contributed by atoms with E-state index < -0.39 is 12.0 Å². The average Bonchev–Trinajstić information content (AvgIpc) is 2.89. The van der Waals surface area contributed by atoms with E-state index in [1.165, 1.54) is 0 Å². The Labute approximate surface area is 211 Å². The Bertz CT molecular complexity index is 1260. The van der Waals surface area contributed by atoms with Crippen molar-refractivity contribution in [3.63, 3.8) is 0 Å². The number of para-hydroxylation sites is 1. The number of nitrogens with zero attached hydrogens (tertiary/aromatic N) is 1. The third-order valence-corrected chi connectivity index (χ3v) is 6.43. The number of aryl methyl sites for hydroxylation is 1. The van der Waals surface area contributed by atoms with Gasteiger partial charge in [-0.3, -0.25) is 14.4 Å². The highest BCUT2D eigenvalue weighted by molar-refractivity contribution is 6.01. The molecule has 2 N–H and O–H groups in total. The summed E-state index contributed by atoms with van der Waals surface area (Å²) in [5, 5.41) is 5.75. The first-order chi connectivity index (χ1) is 17.4. The molecule has 1 aliphatic heterocycles. The Morgan fingerprint density at radius 3 is 2.50 bits per heavy atom. The lowest BCUT2D eigenvalue weighted by molar-refractivity contribution is -0.126. The number of carbonyl (C=O) groups excluding carboxylic acids is 3. The molecule has 2 atom stereocenters. The van der Waals surface area contributed by atoms with E-state index in [9.17, 15) is 14.4 Å². The highest BCUT2D eigenvalue weighted by atomic mass is 16.5. The summed E-state index contributed by atoms with van der Waals surface area (Å²) in [6.07, 6.45) is 0.641. The Hall–Kier alpha value is -4.13. The molecule has 7 nitrogen and oxygen atoms in total. The molecule has 3 aromatic carbocycles. The van der Waals surface area contributed by atoms with Crippen molar-refractivity contribution in [2.75, 3.05) is 23.9 Å². The number of anilines is 2. The van der Waals surface area contributed by atoms with Gasteiger partial charge in [0.25, 0.3) is 5.91 Å². The van der Waals surface area contributed by atoms with Crippen LogP contribution in [0, 0.1) is 12.8 Å². The lowest BCUT2D eigenvalue weighted by Crippen LogP contribution is -2.47. The summed E-state index contributed by atoms with van der Waals surface area (Å²) in [5.41, 5.74) is 3.58. The van der Waals surface area contributed by atoms with Crippen LogP contribution in [0.25, 0.3) is 0 Å². The molecule has 1 saturated heterocycles. The van der Waals surface area contributed by atoms with Crippen LogP contribution in [0.15, 0.2) is 72.8 Å². The molecule has 7 heteroatoms. The number of ether oxygens (including phenoxy) is 1. The van der Waals surface area contributed by atoms with Crippen molar-refractivity contribution in [3.8, 4) is 5.75 Å². The molecule has 0 spiro atoms. The number of rotatable bonds is 7. The van der Waals surface area contributed by atoms with E-state index in [0.717, 1.165) is 16.8 Å². The maximum atomic E-state index is 13.7. The fraction of sp³-hybridized carbons (Fsp3) is 0.276. The van der Waals surface area contributed by atoms with Gasteiger partial charge in [-0.15, -0.1) is 0 Å². The van der Waals surface area contributed by atoms with Gasteiger partial charge in [0.2, 0.25) is 11.8 Å². The third-order valence-electron chi connectivity index (χ3n) is 6.43. The van der Waals surface area contributed by atoms with Gasteiger partial charge in [0, 0.05) is 35.5 Å². The second-order valence-electron chi connectivity index (χ2n) is 8.86. The normalized spacial score (nSPS) is 17.4. The lowest BCUT2D eigenvalue weighted by Gasteiger charge is -2.41. The van der Waals surface area contributed by atoms with Crippen LogP contribution < -0.4 is 20.3 Å². The van der Waals surface area contributed by atoms with Crippen molar-refractivity contribution in [2.45, 2.75) is 32.7 Å². The van der Waals surface area contributed by atoms with Gasteiger partial charge in [-0.05, 0) is 56.7 Å². The molecule has 0 bridgehead atoms. The topological polar surface area (TPSA) is 87.7 Å². The van der Waals surface area contributed by atoms with Gasteiger partial charge in [0.1, 0.15) is 5.75 Å². The second-order valence-corrected chi connectivity index (χ2v) is 8.86. The molecule has 1 aliphatic rings. The van der Waals surface area contributed by atoms with Gasteiger partial charge in [-0.1, -0.05) is 42.0 Å². The van der Waals surface area contributed by atoms with Gasteiger partial charge in [-0.25, -0.2) is 0 Å². The van der Waals surface area contributed by atoms with Crippen molar-refractivity contribution in [1.29, 1.82) is 0 Å². The van der Waals surface area contributed by atoms with Crippen LogP contribution in [0.1, 0.15) is 47.3 Å². The van der Waals surface area contributed by atoms with Crippen molar-refractivity contribution in [2.24, 2.45) is 5.92 Å². The van der Waals surface area contributed by atoms with Crippen molar-refractivity contribution >= 4 is 29.1 Å². The van der Waals surface area contributed by atoms with E-state index in [1.807, 2.05) is 62.4 Å². The Balaban J connectivity index is 1.72. The number of amides is 3. The number of benzene rings is 3. The lowest BCUT2D eigenvalue weighted by atomic mass is 9.82. The predicted molar refractivity (Wildman–Crippen MR) is 140 cm³/mol. The molecule has 1 heterocycles. The fourth-order valence-corrected chi connectivity index (χ4v) is 4.68. The van der Waals surface area contributed by atoms with Crippen LogP contribution in [-0.2, 0) is 9.59 Å². The van der Waals surface area contributed by atoms with Gasteiger partial charge < -0.3 is 20.3 Å². The van der Waals surface area contributed by atoms with E-state index in [0.29, 0.717) is 30.0 Å². The number of methoxy groups -OCH3 is 1. The van der Waals surface area contributed by atoms with E-state index in [2.05, 4.69) is 10.6 Å². The summed E-state index contributed by atoms with van der Waals surface area (Å²) in [7, 11) is 1.58. The van der Waals surface area contributed by atoms with Gasteiger partial charge >= 0.3 is 0 Å². The first-order valence-electron chi connectivity index (χ1n) is 12.1. The smallest absolute Gasteiger partial charge is 0.251 e. The maximum absolute atomic E-state index is 13.7. The molecule has 36 heavy (non-hydrogen) atoms. The molecule has 4 rings (SSSR count). The summed E-state index contributed by atoms with van der Waals surface area (Å²) in [5.74, 6) is -0.381. The zero-order chi connectivity index (χ0) is 25.7. The summed E-state index contributed by atoms with van der Waals surface area (Å²) < 4.78 is 5.63. The molecular weight excluding hydrogens is 454 g/mol. The molecule has 0 aliphatic carbocycles. The van der Waals surface area contributed by atoms with Crippen LogP contribution in [-0.4, -0.2) is 31.4 Å². The number of piperidine rings is 1. The Morgan fingerprint density at radius 2 is 1.78 bits per heavy atom. The van der Waals surface area contributed by atoms with Gasteiger partial charge in [0.15, 0.2) is 0 Å². The first kappa shape index (κ1) is 25.0. The van der Waals surface area contributed by atoms with Gasteiger partial charge in [-0.2, -0.15) is 0 Å². The second kappa shape index (κ2) is 11.1. The molecule has 0 saturated carbocycles. The molecule has 186 valence electrons. The van der Waals surface area contributed by atoms with Crippen LogP contribution in [0.2, 0.25) is 0 Å². The van der Waals surface area contributed by atoms with Crippen molar-refractivity contribution < 1.29 is 19.1 Å². The zero-order valence-electron chi connectivity index (χ0n) is 20.8. The minimum Gasteiger partial charge on any atom is -0.496 e. The summed E-state index contributed by atoms with van der Waals surface area (Å²) in [6.45, 7) is 4.36. The highest BCUT2D eigenvalue weighted by Gasteiger charge is 2.42. The first-order valence-corrected chi connectivity index (χ1v) is 12.1. The Kier molecular flexibility index (Phi) is 7.68. The summed E-state index contributed by atoms with van der Waals surface area (Å²) in [6, 6.07) is 21.5. The number of carbonyl (C=O) groups is 3. The molecule has 0 radical (unpaired) electrons. The van der Waals surface area contributed by atoms with Crippen LogP contribution in [0.4, 0.5) is 11.4 Å².